The van der Waals surface area contributed by atoms with E-state index in [1.54, 1.807) is 0 Å². The SMILES string of the molecule is O=c1[nH]c2cc(Br)c(NC3CNC3)cc2[nH]1. The maximum absolute atomic E-state index is 11.1. The third kappa shape index (κ3) is 1.64. The van der Waals surface area contributed by atoms with Gasteiger partial charge in [-0.3, -0.25) is 0 Å². The van der Waals surface area contributed by atoms with Crippen molar-refractivity contribution in [2.24, 2.45) is 0 Å². The van der Waals surface area contributed by atoms with Crippen molar-refractivity contribution in [3.05, 3.63) is 27.1 Å². The van der Waals surface area contributed by atoms with Crippen LogP contribution in [0.3, 0.4) is 0 Å². The van der Waals surface area contributed by atoms with Crippen molar-refractivity contribution >= 4 is 32.7 Å². The van der Waals surface area contributed by atoms with Gasteiger partial charge in [0, 0.05) is 17.6 Å². The Morgan fingerprint density at radius 3 is 2.56 bits per heavy atom. The van der Waals surface area contributed by atoms with E-state index in [-0.39, 0.29) is 5.69 Å². The van der Waals surface area contributed by atoms with Crippen LogP contribution in [-0.4, -0.2) is 29.1 Å². The first-order valence-corrected chi connectivity index (χ1v) is 5.90. The number of imidazole rings is 1. The van der Waals surface area contributed by atoms with E-state index in [2.05, 4.69) is 36.5 Å². The van der Waals surface area contributed by atoms with Crippen molar-refractivity contribution in [1.82, 2.24) is 15.3 Å². The standard InChI is InChI=1S/C10H11BrN4O/c11-6-1-8-9(15-10(16)14-8)2-7(6)13-5-3-12-4-5/h1-2,5,12-13H,3-4H2,(H2,14,15,16). The minimum Gasteiger partial charge on any atom is -0.379 e. The van der Waals surface area contributed by atoms with Crippen LogP contribution < -0.4 is 16.3 Å². The largest absolute Gasteiger partial charge is 0.379 e. The van der Waals surface area contributed by atoms with Gasteiger partial charge in [-0.05, 0) is 28.1 Å². The van der Waals surface area contributed by atoms with Crippen molar-refractivity contribution in [3.63, 3.8) is 0 Å². The summed E-state index contributed by atoms with van der Waals surface area (Å²) in [5.74, 6) is 0. The summed E-state index contributed by atoms with van der Waals surface area (Å²) in [6.45, 7) is 1.96. The van der Waals surface area contributed by atoms with Gasteiger partial charge in [-0.1, -0.05) is 0 Å². The summed E-state index contributed by atoms with van der Waals surface area (Å²) in [5.41, 5.74) is 2.47. The Balaban J connectivity index is 2.02. The molecule has 5 nitrogen and oxygen atoms in total. The van der Waals surface area contributed by atoms with E-state index in [0.29, 0.717) is 6.04 Å². The minimum atomic E-state index is -0.177. The number of aromatic amines is 2. The smallest absolute Gasteiger partial charge is 0.323 e. The number of hydrogen-bond donors (Lipinski definition) is 4. The van der Waals surface area contributed by atoms with Crippen LogP contribution in [-0.2, 0) is 0 Å². The lowest BCUT2D eigenvalue weighted by molar-refractivity contribution is 0.472. The van der Waals surface area contributed by atoms with Crippen LogP contribution in [0.2, 0.25) is 0 Å². The zero-order valence-electron chi connectivity index (χ0n) is 8.43. The van der Waals surface area contributed by atoms with Gasteiger partial charge in [-0.25, -0.2) is 4.79 Å². The van der Waals surface area contributed by atoms with Crippen LogP contribution in [0.25, 0.3) is 11.0 Å². The first-order chi connectivity index (χ1) is 7.72. The molecule has 16 heavy (non-hydrogen) atoms. The third-order valence-corrected chi connectivity index (χ3v) is 3.40. The molecule has 2 aromatic rings. The number of hydrogen-bond acceptors (Lipinski definition) is 3. The molecule has 1 saturated heterocycles. The predicted molar refractivity (Wildman–Crippen MR) is 66.9 cm³/mol. The van der Waals surface area contributed by atoms with Crippen LogP contribution >= 0.6 is 15.9 Å². The highest BCUT2D eigenvalue weighted by atomic mass is 79.9. The van der Waals surface area contributed by atoms with Gasteiger partial charge in [-0.2, -0.15) is 0 Å². The predicted octanol–water partition coefficient (Wildman–Crippen LogP) is 1.00. The van der Waals surface area contributed by atoms with Crippen LogP contribution in [0, 0.1) is 0 Å². The maximum atomic E-state index is 11.1. The van der Waals surface area contributed by atoms with Crippen molar-refractivity contribution in [2.45, 2.75) is 6.04 Å². The van der Waals surface area contributed by atoms with Crippen molar-refractivity contribution in [2.75, 3.05) is 18.4 Å². The van der Waals surface area contributed by atoms with Crippen molar-refractivity contribution in [3.8, 4) is 0 Å². The fraction of sp³-hybridized carbons (Fsp3) is 0.300. The molecular weight excluding hydrogens is 272 g/mol. The highest BCUT2D eigenvalue weighted by molar-refractivity contribution is 9.10. The Hall–Kier alpha value is -1.27. The van der Waals surface area contributed by atoms with E-state index in [0.717, 1.165) is 34.3 Å². The van der Waals surface area contributed by atoms with Crippen LogP contribution in [0.4, 0.5) is 5.69 Å². The van der Waals surface area contributed by atoms with E-state index in [1.165, 1.54) is 0 Å². The van der Waals surface area contributed by atoms with Crippen LogP contribution in [0.5, 0.6) is 0 Å². The summed E-state index contributed by atoms with van der Waals surface area (Å²) in [4.78, 5) is 16.6. The first-order valence-electron chi connectivity index (χ1n) is 5.11. The third-order valence-electron chi connectivity index (χ3n) is 2.74. The van der Waals surface area contributed by atoms with Gasteiger partial charge >= 0.3 is 5.69 Å². The van der Waals surface area contributed by atoms with E-state index >= 15 is 0 Å². The second-order valence-corrected chi connectivity index (χ2v) is 4.81. The molecule has 1 aromatic carbocycles. The molecular formula is C10H11BrN4O. The minimum absolute atomic E-state index is 0.177. The monoisotopic (exact) mass is 282 g/mol. The summed E-state index contributed by atoms with van der Waals surface area (Å²) in [6, 6.07) is 4.32. The Morgan fingerprint density at radius 2 is 1.94 bits per heavy atom. The van der Waals surface area contributed by atoms with Crippen LogP contribution in [0.15, 0.2) is 21.4 Å². The quantitative estimate of drug-likeness (QED) is 0.664. The van der Waals surface area contributed by atoms with E-state index in [1.807, 2.05) is 12.1 Å². The lowest BCUT2D eigenvalue weighted by atomic mass is 10.1. The number of anilines is 1. The first kappa shape index (κ1) is 9.92. The van der Waals surface area contributed by atoms with Gasteiger partial charge in [0.25, 0.3) is 0 Å². The molecule has 0 atom stereocenters. The fourth-order valence-corrected chi connectivity index (χ4v) is 2.24. The molecule has 6 heteroatoms. The van der Waals surface area contributed by atoms with Gasteiger partial charge in [0.1, 0.15) is 0 Å². The normalized spacial score (nSPS) is 16.3. The molecule has 0 spiro atoms. The Morgan fingerprint density at radius 1 is 1.25 bits per heavy atom. The van der Waals surface area contributed by atoms with Gasteiger partial charge in [0.05, 0.1) is 22.8 Å². The fourth-order valence-electron chi connectivity index (χ4n) is 1.78. The second-order valence-electron chi connectivity index (χ2n) is 3.96. The zero-order chi connectivity index (χ0) is 11.1. The molecule has 2 heterocycles. The van der Waals surface area contributed by atoms with E-state index in [9.17, 15) is 4.79 Å². The number of rotatable bonds is 2. The molecule has 0 saturated carbocycles. The molecule has 0 aliphatic carbocycles. The number of halogens is 1. The molecule has 1 aromatic heterocycles. The molecule has 0 amide bonds. The lowest BCUT2D eigenvalue weighted by Crippen LogP contribution is -2.51. The van der Waals surface area contributed by atoms with Gasteiger partial charge < -0.3 is 20.6 Å². The Kier molecular flexibility index (Phi) is 2.26. The summed E-state index contributed by atoms with van der Waals surface area (Å²) in [5, 5.41) is 6.60. The van der Waals surface area contributed by atoms with E-state index in [4.69, 9.17) is 0 Å². The molecule has 3 rings (SSSR count). The Bertz CT molecular complexity index is 584. The van der Waals surface area contributed by atoms with Gasteiger partial charge in [0.2, 0.25) is 0 Å². The molecule has 0 radical (unpaired) electrons. The highest BCUT2D eigenvalue weighted by Crippen LogP contribution is 2.27. The summed E-state index contributed by atoms with van der Waals surface area (Å²) in [6.07, 6.45) is 0. The van der Waals surface area contributed by atoms with Gasteiger partial charge in [0.15, 0.2) is 0 Å². The average molecular weight is 283 g/mol. The molecule has 1 aliphatic heterocycles. The number of benzene rings is 1. The number of nitrogens with one attached hydrogen (secondary N) is 4. The van der Waals surface area contributed by atoms with Crippen LogP contribution in [0.1, 0.15) is 0 Å². The topological polar surface area (TPSA) is 72.7 Å². The van der Waals surface area contributed by atoms with Crippen molar-refractivity contribution in [1.29, 1.82) is 0 Å². The maximum Gasteiger partial charge on any atom is 0.323 e. The van der Waals surface area contributed by atoms with Crippen molar-refractivity contribution < 1.29 is 0 Å². The molecule has 1 fully saturated rings. The molecule has 0 bridgehead atoms. The number of fused-ring (bicyclic) bond motifs is 1. The van der Waals surface area contributed by atoms with E-state index < -0.39 is 0 Å². The second kappa shape index (κ2) is 3.64. The summed E-state index contributed by atoms with van der Waals surface area (Å²) in [7, 11) is 0. The zero-order valence-corrected chi connectivity index (χ0v) is 10.0. The highest BCUT2D eigenvalue weighted by Gasteiger charge is 2.17. The number of H-pyrrole nitrogens is 2. The lowest BCUT2D eigenvalue weighted by Gasteiger charge is -2.29. The number of aromatic nitrogens is 2. The van der Waals surface area contributed by atoms with Gasteiger partial charge in [-0.15, -0.1) is 0 Å². The molecule has 1 aliphatic rings. The summed E-state index contributed by atoms with van der Waals surface area (Å²) >= 11 is 3.49. The molecule has 4 N–H and O–H groups in total. The average Bonchev–Trinajstić information content (AvgIpc) is 2.50. The summed E-state index contributed by atoms with van der Waals surface area (Å²) < 4.78 is 0.960. The molecule has 84 valence electrons. The Labute approximate surface area is 99.8 Å². The molecule has 0 unspecified atom stereocenters.